The molecule has 1 saturated carbocycles. The van der Waals surface area contributed by atoms with Gasteiger partial charge >= 0.3 is 5.97 Å². The van der Waals surface area contributed by atoms with Crippen molar-refractivity contribution in [2.45, 2.75) is 76.8 Å². The van der Waals surface area contributed by atoms with Gasteiger partial charge in [0.2, 0.25) is 11.8 Å². The molecule has 3 atom stereocenters. The SMILES string of the molecule is C=CC[C@H](CC(=O)N(CCO)Cc1ccccc1)C(=O)N[C@H](COC(=O)[C@H](CC=C)Cc1ccccc1)CC1CCCCC1. The largest absolute Gasteiger partial charge is 0.463 e. The first-order valence-corrected chi connectivity index (χ1v) is 16.1. The number of rotatable bonds is 19. The molecule has 7 heteroatoms. The smallest absolute Gasteiger partial charge is 0.309 e. The minimum absolute atomic E-state index is 0.000885. The van der Waals surface area contributed by atoms with Crippen LogP contribution in [0.4, 0.5) is 0 Å². The summed E-state index contributed by atoms with van der Waals surface area (Å²) in [5.74, 6) is -1.26. The van der Waals surface area contributed by atoms with Crippen molar-refractivity contribution in [1.82, 2.24) is 10.2 Å². The zero-order valence-electron chi connectivity index (χ0n) is 26.1. The Morgan fingerprint density at radius 1 is 0.909 bits per heavy atom. The third-order valence-electron chi connectivity index (χ3n) is 8.41. The van der Waals surface area contributed by atoms with E-state index in [-0.39, 0.29) is 55.9 Å². The quantitative estimate of drug-likeness (QED) is 0.151. The van der Waals surface area contributed by atoms with Crippen LogP contribution in [0.25, 0.3) is 0 Å². The van der Waals surface area contributed by atoms with Gasteiger partial charge in [0.25, 0.3) is 0 Å². The summed E-state index contributed by atoms with van der Waals surface area (Å²) in [7, 11) is 0. The van der Waals surface area contributed by atoms with Gasteiger partial charge in [-0.05, 0) is 42.7 Å². The fraction of sp³-hybridized carbons (Fsp3) is 0.486. The standard InChI is InChI=1S/C37H50N2O5/c1-3-14-32(26-35(41)39(22-23-40)27-31-20-12-7-13-21-31)36(42)38-34(25-30-18-10-6-11-19-30)28-44-37(43)33(15-4-2)24-29-16-8-5-9-17-29/h3-5,7-9,12-13,16-17,20-21,30,32-34,40H,1-2,6,10-11,14-15,18-19,22-28H2,(H,38,42)/t32-,33-,34+/m1/s1. The monoisotopic (exact) mass is 602 g/mol. The Bertz CT molecular complexity index is 1160. The highest BCUT2D eigenvalue weighted by Gasteiger charge is 2.29. The number of carbonyl (C=O) groups is 3. The summed E-state index contributed by atoms with van der Waals surface area (Å²) in [5.41, 5.74) is 2.01. The van der Waals surface area contributed by atoms with E-state index in [2.05, 4.69) is 18.5 Å². The highest BCUT2D eigenvalue weighted by Crippen LogP contribution is 2.28. The normalized spacial score (nSPS) is 15.4. The molecule has 0 spiro atoms. The van der Waals surface area contributed by atoms with Gasteiger partial charge in [-0.25, -0.2) is 0 Å². The fourth-order valence-electron chi connectivity index (χ4n) is 6.02. The molecule has 1 aliphatic carbocycles. The minimum atomic E-state index is -0.617. The zero-order valence-corrected chi connectivity index (χ0v) is 26.1. The lowest BCUT2D eigenvalue weighted by molar-refractivity contribution is -0.150. The number of allylic oxidation sites excluding steroid dienone is 2. The molecule has 1 fully saturated rings. The highest BCUT2D eigenvalue weighted by atomic mass is 16.5. The van der Waals surface area contributed by atoms with Crippen LogP contribution < -0.4 is 5.32 Å². The molecule has 0 heterocycles. The molecule has 0 aliphatic heterocycles. The van der Waals surface area contributed by atoms with Crippen LogP contribution in [0.5, 0.6) is 0 Å². The number of nitrogens with one attached hydrogen (secondary N) is 1. The number of nitrogens with zero attached hydrogens (tertiary/aromatic N) is 1. The molecule has 0 bridgehead atoms. The number of hydrogen-bond donors (Lipinski definition) is 2. The number of hydrogen-bond acceptors (Lipinski definition) is 5. The van der Waals surface area contributed by atoms with E-state index in [0.717, 1.165) is 30.4 Å². The summed E-state index contributed by atoms with van der Waals surface area (Å²) in [4.78, 5) is 41.8. The van der Waals surface area contributed by atoms with E-state index in [1.807, 2.05) is 60.7 Å². The number of ether oxygens (including phenoxy) is 1. The van der Waals surface area contributed by atoms with Crippen LogP contribution in [-0.4, -0.2) is 53.6 Å². The third kappa shape index (κ3) is 12.1. The molecule has 1 aliphatic rings. The Morgan fingerprint density at radius 3 is 2.14 bits per heavy atom. The summed E-state index contributed by atoms with van der Waals surface area (Å²) in [6, 6.07) is 19.1. The first kappa shape index (κ1) is 34.8. The molecule has 0 radical (unpaired) electrons. The van der Waals surface area contributed by atoms with Gasteiger partial charge in [-0.3, -0.25) is 14.4 Å². The van der Waals surface area contributed by atoms with E-state index in [1.54, 1.807) is 17.1 Å². The summed E-state index contributed by atoms with van der Waals surface area (Å²) in [6.45, 7) is 8.11. The molecule has 7 nitrogen and oxygen atoms in total. The first-order valence-electron chi connectivity index (χ1n) is 16.1. The lowest BCUT2D eigenvalue weighted by Crippen LogP contribution is -2.45. The van der Waals surface area contributed by atoms with Crippen molar-refractivity contribution in [1.29, 1.82) is 0 Å². The average molecular weight is 603 g/mol. The van der Waals surface area contributed by atoms with Gasteiger partial charge < -0.3 is 20.1 Å². The highest BCUT2D eigenvalue weighted by molar-refractivity contribution is 5.86. The van der Waals surface area contributed by atoms with Crippen molar-refractivity contribution in [2.75, 3.05) is 19.8 Å². The topological polar surface area (TPSA) is 95.9 Å². The van der Waals surface area contributed by atoms with Gasteiger partial charge in [-0.2, -0.15) is 0 Å². The van der Waals surface area contributed by atoms with Crippen molar-refractivity contribution in [3.05, 3.63) is 97.1 Å². The van der Waals surface area contributed by atoms with Gasteiger partial charge in [0.05, 0.1) is 24.5 Å². The number of amides is 2. The van der Waals surface area contributed by atoms with Crippen molar-refractivity contribution in [2.24, 2.45) is 17.8 Å². The van der Waals surface area contributed by atoms with E-state index in [9.17, 15) is 19.5 Å². The van der Waals surface area contributed by atoms with Crippen LogP contribution in [0.3, 0.4) is 0 Å². The Labute approximate surface area is 263 Å². The van der Waals surface area contributed by atoms with E-state index in [0.29, 0.717) is 31.7 Å². The van der Waals surface area contributed by atoms with E-state index in [4.69, 9.17) is 4.74 Å². The molecule has 0 unspecified atom stereocenters. The minimum Gasteiger partial charge on any atom is -0.463 e. The lowest BCUT2D eigenvalue weighted by atomic mass is 9.84. The molecule has 2 N–H and O–H groups in total. The number of benzene rings is 2. The van der Waals surface area contributed by atoms with Gasteiger partial charge in [0.15, 0.2) is 0 Å². The fourth-order valence-corrected chi connectivity index (χ4v) is 6.02. The van der Waals surface area contributed by atoms with Crippen LogP contribution in [0, 0.1) is 17.8 Å². The van der Waals surface area contributed by atoms with Crippen LogP contribution in [0.15, 0.2) is 86.0 Å². The Morgan fingerprint density at radius 2 is 1.52 bits per heavy atom. The summed E-state index contributed by atoms with van der Waals surface area (Å²) in [6.07, 6.45) is 11.3. The molecule has 44 heavy (non-hydrogen) atoms. The van der Waals surface area contributed by atoms with Crippen LogP contribution in [0.1, 0.15) is 68.9 Å². The Hall–Kier alpha value is -3.71. The molecule has 3 rings (SSSR count). The predicted octanol–water partition coefficient (Wildman–Crippen LogP) is 6.02. The molecule has 2 aromatic rings. The molecule has 0 aromatic heterocycles. The Kier molecular flexibility index (Phi) is 15.4. The lowest BCUT2D eigenvalue weighted by Gasteiger charge is -2.29. The van der Waals surface area contributed by atoms with Gasteiger partial charge in [0, 0.05) is 19.5 Å². The first-order chi connectivity index (χ1) is 21.4. The van der Waals surface area contributed by atoms with Crippen molar-refractivity contribution in [3.8, 4) is 0 Å². The third-order valence-corrected chi connectivity index (χ3v) is 8.41. The van der Waals surface area contributed by atoms with Gasteiger partial charge in [-0.15, -0.1) is 13.2 Å². The second-order valence-electron chi connectivity index (χ2n) is 11.9. The number of esters is 1. The summed E-state index contributed by atoms with van der Waals surface area (Å²) >= 11 is 0. The molecule has 2 aromatic carbocycles. The molecule has 0 saturated heterocycles. The van der Waals surface area contributed by atoms with Crippen molar-refractivity contribution >= 4 is 17.8 Å². The maximum Gasteiger partial charge on any atom is 0.309 e. The van der Waals surface area contributed by atoms with Gasteiger partial charge in [-0.1, -0.05) is 105 Å². The predicted molar refractivity (Wildman–Crippen MR) is 174 cm³/mol. The zero-order chi connectivity index (χ0) is 31.6. The maximum absolute atomic E-state index is 13.6. The van der Waals surface area contributed by atoms with Crippen LogP contribution >= 0.6 is 0 Å². The number of aliphatic hydroxyl groups excluding tert-OH is 1. The Balaban J connectivity index is 1.67. The molecule has 2 amide bonds. The van der Waals surface area contributed by atoms with Crippen molar-refractivity contribution in [3.63, 3.8) is 0 Å². The van der Waals surface area contributed by atoms with Gasteiger partial charge in [0.1, 0.15) is 6.61 Å². The van der Waals surface area contributed by atoms with Crippen LogP contribution in [0.2, 0.25) is 0 Å². The van der Waals surface area contributed by atoms with Crippen LogP contribution in [-0.2, 0) is 32.1 Å². The van der Waals surface area contributed by atoms with E-state index >= 15 is 0 Å². The average Bonchev–Trinajstić information content (AvgIpc) is 3.04. The number of aliphatic hydroxyl groups is 1. The summed E-state index contributed by atoms with van der Waals surface area (Å²) in [5, 5.41) is 12.8. The van der Waals surface area contributed by atoms with E-state index < -0.39 is 5.92 Å². The molecule has 238 valence electrons. The summed E-state index contributed by atoms with van der Waals surface area (Å²) < 4.78 is 5.87. The second-order valence-corrected chi connectivity index (χ2v) is 11.9. The molecular weight excluding hydrogens is 552 g/mol. The van der Waals surface area contributed by atoms with E-state index in [1.165, 1.54) is 19.3 Å². The maximum atomic E-state index is 13.6. The number of carbonyl (C=O) groups excluding carboxylic acids is 3. The molecular formula is C37H50N2O5. The second kappa shape index (κ2) is 19.5. The van der Waals surface area contributed by atoms with Crippen molar-refractivity contribution < 1.29 is 24.2 Å².